The van der Waals surface area contributed by atoms with Crippen molar-refractivity contribution in [3.8, 4) is 5.75 Å². The van der Waals surface area contributed by atoms with E-state index in [0.717, 1.165) is 25.6 Å². The molecule has 2 aliphatic heterocycles. The normalized spacial score (nSPS) is 20.1. The number of benzene rings is 2. The number of ether oxygens (including phenoxy) is 2. The van der Waals surface area contributed by atoms with Gasteiger partial charge in [-0.1, -0.05) is 19.1 Å². The molecule has 0 spiro atoms. The third-order valence-corrected chi connectivity index (χ3v) is 8.28. The van der Waals surface area contributed by atoms with E-state index in [-0.39, 0.29) is 10.5 Å². The summed E-state index contributed by atoms with van der Waals surface area (Å²) in [7, 11) is -2.27. The van der Waals surface area contributed by atoms with Gasteiger partial charge < -0.3 is 14.8 Å². The summed E-state index contributed by atoms with van der Waals surface area (Å²) in [6.07, 6.45) is 2.53. The van der Waals surface area contributed by atoms with Crippen molar-refractivity contribution in [3.05, 3.63) is 53.6 Å². The van der Waals surface area contributed by atoms with Crippen molar-refractivity contribution in [2.24, 2.45) is 5.92 Å². The molecule has 2 heterocycles. The Kier molecular flexibility index (Phi) is 7.88. The number of carbonyl (C=O) groups excluding carboxylic acids is 1. The van der Waals surface area contributed by atoms with E-state index in [4.69, 9.17) is 9.47 Å². The van der Waals surface area contributed by atoms with Gasteiger partial charge in [0.2, 0.25) is 10.0 Å². The Hall–Kier alpha value is -2.46. The first-order chi connectivity index (χ1) is 16.4. The monoisotopic (exact) mass is 487 g/mol. The minimum atomic E-state index is -3.73. The van der Waals surface area contributed by atoms with Crippen molar-refractivity contribution in [3.63, 3.8) is 0 Å². The highest BCUT2D eigenvalue weighted by Crippen LogP contribution is 2.26. The van der Waals surface area contributed by atoms with Crippen LogP contribution in [0.15, 0.2) is 47.4 Å². The summed E-state index contributed by atoms with van der Waals surface area (Å²) in [4.78, 5) is 15.6. The molecule has 2 aromatic rings. The van der Waals surface area contributed by atoms with Crippen molar-refractivity contribution in [2.45, 2.75) is 31.2 Å². The van der Waals surface area contributed by atoms with Crippen molar-refractivity contribution in [2.75, 3.05) is 51.8 Å². The zero-order valence-electron chi connectivity index (χ0n) is 19.8. The lowest BCUT2D eigenvalue weighted by Gasteiger charge is -2.30. The molecule has 34 heavy (non-hydrogen) atoms. The van der Waals surface area contributed by atoms with E-state index in [1.165, 1.54) is 48.0 Å². The Balaban J connectivity index is 1.47. The largest absolute Gasteiger partial charge is 0.496 e. The number of carbonyl (C=O) groups is 1. The molecule has 2 saturated heterocycles. The van der Waals surface area contributed by atoms with Crippen LogP contribution >= 0.6 is 0 Å². The van der Waals surface area contributed by atoms with Gasteiger partial charge in [0.1, 0.15) is 5.75 Å². The maximum Gasteiger partial charge on any atom is 0.259 e. The number of hydrogen-bond acceptors (Lipinski definition) is 6. The molecule has 0 saturated carbocycles. The number of nitrogens with one attached hydrogen (secondary N) is 1. The molecular formula is C25H33N3O5S. The Morgan fingerprint density at radius 2 is 1.85 bits per heavy atom. The van der Waals surface area contributed by atoms with E-state index in [1.54, 1.807) is 0 Å². The second-order valence-electron chi connectivity index (χ2n) is 9.01. The van der Waals surface area contributed by atoms with Crippen LogP contribution in [0.2, 0.25) is 0 Å². The highest BCUT2D eigenvalue weighted by Gasteiger charge is 2.28. The number of hydrogen-bond donors (Lipinski definition) is 1. The van der Waals surface area contributed by atoms with E-state index < -0.39 is 15.9 Å². The number of sulfonamides is 1. The maximum atomic E-state index is 13.1. The number of anilines is 1. The number of methoxy groups -OCH3 is 1. The average molecular weight is 488 g/mol. The highest BCUT2D eigenvalue weighted by molar-refractivity contribution is 7.89. The second-order valence-corrected chi connectivity index (χ2v) is 11.0. The molecule has 0 radical (unpaired) electrons. The third-order valence-electron chi connectivity index (χ3n) is 6.38. The molecule has 0 bridgehead atoms. The summed E-state index contributed by atoms with van der Waals surface area (Å²) < 4.78 is 38.0. The standard InChI is InChI=1S/C25H33N3O5S/c1-19-4-3-11-27(17-19)18-20-5-7-21(8-6-20)26-25(29)23-16-22(9-10-24(23)32-2)34(30,31)28-12-14-33-15-13-28/h5-10,16,19H,3-4,11-15,17-18H2,1-2H3,(H,26,29)/t19-/m0/s1. The van der Waals surface area contributed by atoms with Gasteiger partial charge in [0.05, 0.1) is 30.8 Å². The van der Waals surface area contributed by atoms with Crippen molar-refractivity contribution >= 4 is 21.6 Å². The summed E-state index contributed by atoms with van der Waals surface area (Å²) >= 11 is 0. The molecule has 0 unspecified atom stereocenters. The molecule has 8 nitrogen and oxygen atoms in total. The molecule has 0 aliphatic carbocycles. The first kappa shape index (κ1) is 24.7. The number of piperidine rings is 1. The molecule has 1 N–H and O–H groups in total. The smallest absolute Gasteiger partial charge is 0.259 e. The van der Waals surface area contributed by atoms with E-state index in [9.17, 15) is 13.2 Å². The minimum Gasteiger partial charge on any atom is -0.496 e. The fourth-order valence-electron chi connectivity index (χ4n) is 4.54. The van der Waals surface area contributed by atoms with Gasteiger partial charge in [0, 0.05) is 31.9 Å². The molecule has 2 aromatic carbocycles. The summed E-state index contributed by atoms with van der Waals surface area (Å²) in [5, 5.41) is 2.87. The van der Waals surface area contributed by atoms with Crippen LogP contribution in [0, 0.1) is 5.92 Å². The van der Waals surface area contributed by atoms with Gasteiger partial charge in [-0.25, -0.2) is 8.42 Å². The Morgan fingerprint density at radius 1 is 1.12 bits per heavy atom. The van der Waals surface area contributed by atoms with Crippen LogP contribution in [0.4, 0.5) is 5.69 Å². The Labute approximate surface area is 201 Å². The first-order valence-corrected chi connectivity index (χ1v) is 13.2. The molecule has 9 heteroatoms. The van der Waals surface area contributed by atoms with Crippen LogP contribution in [0.3, 0.4) is 0 Å². The zero-order valence-corrected chi connectivity index (χ0v) is 20.6. The lowest BCUT2D eigenvalue weighted by Crippen LogP contribution is -2.40. The molecule has 4 rings (SSSR count). The minimum absolute atomic E-state index is 0.0615. The van der Waals surface area contributed by atoms with Crippen molar-refractivity contribution < 1.29 is 22.7 Å². The summed E-state index contributed by atoms with van der Waals surface area (Å²) in [6, 6.07) is 12.2. The van der Waals surface area contributed by atoms with E-state index in [0.29, 0.717) is 37.7 Å². The van der Waals surface area contributed by atoms with E-state index >= 15 is 0 Å². The topological polar surface area (TPSA) is 88.2 Å². The van der Waals surface area contributed by atoms with Crippen LogP contribution in [0.5, 0.6) is 5.75 Å². The van der Waals surface area contributed by atoms with Gasteiger partial charge in [-0.2, -0.15) is 4.31 Å². The zero-order chi connectivity index (χ0) is 24.1. The molecule has 1 atom stereocenters. The average Bonchev–Trinajstić information content (AvgIpc) is 2.85. The predicted molar refractivity (Wildman–Crippen MR) is 131 cm³/mol. The number of nitrogens with zero attached hydrogens (tertiary/aromatic N) is 2. The fraction of sp³-hybridized carbons (Fsp3) is 0.480. The number of morpholine rings is 1. The van der Waals surface area contributed by atoms with Gasteiger partial charge in [0.25, 0.3) is 5.91 Å². The van der Waals surface area contributed by atoms with Crippen LogP contribution in [-0.2, 0) is 21.3 Å². The lowest BCUT2D eigenvalue weighted by atomic mass is 10.00. The van der Waals surface area contributed by atoms with Crippen molar-refractivity contribution in [1.82, 2.24) is 9.21 Å². The fourth-order valence-corrected chi connectivity index (χ4v) is 5.98. The van der Waals surface area contributed by atoms with Crippen LogP contribution in [-0.4, -0.2) is 70.0 Å². The highest BCUT2D eigenvalue weighted by atomic mass is 32.2. The Morgan fingerprint density at radius 3 is 2.53 bits per heavy atom. The number of amides is 1. The van der Waals surface area contributed by atoms with Gasteiger partial charge in [0.15, 0.2) is 0 Å². The molecular weight excluding hydrogens is 454 g/mol. The summed E-state index contributed by atoms with van der Waals surface area (Å²) in [5.41, 5.74) is 2.01. The van der Waals surface area contributed by atoms with Gasteiger partial charge >= 0.3 is 0 Å². The van der Waals surface area contributed by atoms with Gasteiger partial charge in [-0.05, 0) is 61.2 Å². The van der Waals surface area contributed by atoms with Gasteiger partial charge in [-0.3, -0.25) is 9.69 Å². The third kappa shape index (κ3) is 5.78. The number of rotatable bonds is 7. The van der Waals surface area contributed by atoms with Crippen molar-refractivity contribution in [1.29, 1.82) is 0 Å². The lowest BCUT2D eigenvalue weighted by molar-refractivity contribution is 0.0730. The van der Waals surface area contributed by atoms with Gasteiger partial charge in [-0.15, -0.1) is 0 Å². The molecule has 2 fully saturated rings. The predicted octanol–water partition coefficient (Wildman–Crippen LogP) is 3.20. The molecule has 1 amide bonds. The molecule has 184 valence electrons. The SMILES string of the molecule is COc1ccc(S(=O)(=O)N2CCOCC2)cc1C(=O)Nc1ccc(CN2CCC[C@H](C)C2)cc1. The quantitative estimate of drug-likeness (QED) is 0.645. The summed E-state index contributed by atoms with van der Waals surface area (Å²) in [5.74, 6) is 0.618. The van der Waals surface area contributed by atoms with E-state index in [1.807, 2.05) is 24.3 Å². The molecule has 2 aliphatic rings. The Bertz CT molecular complexity index is 1100. The number of likely N-dealkylation sites (tertiary alicyclic amines) is 1. The first-order valence-electron chi connectivity index (χ1n) is 11.8. The second kappa shape index (κ2) is 10.9. The summed E-state index contributed by atoms with van der Waals surface area (Å²) in [6.45, 7) is 6.71. The van der Waals surface area contributed by atoms with Crippen LogP contribution in [0.25, 0.3) is 0 Å². The maximum absolute atomic E-state index is 13.1. The van der Waals surface area contributed by atoms with Crippen LogP contribution < -0.4 is 10.1 Å². The van der Waals surface area contributed by atoms with E-state index in [2.05, 4.69) is 17.1 Å². The molecule has 0 aromatic heterocycles. The van der Waals surface area contributed by atoms with Crippen LogP contribution in [0.1, 0.15) is 35.7 Å².